The average Bonchev–Trinajstić information content (AvgIpc) is 2.35. The molecule has 0 heterocycles. The van der Waals surface area contributed by atoms with Crippen molar-refractivity contribution in [2.24, 2.45) is 5.84 Å². The minimum absolute atomic E-state index is 0.0564. The van der Waals surface area contributed by atoms with Gasteiger partial charge in [0.05, 0.1) is 0 Å². The third-order valence-electron chi connectivity index (χ3n) is 2.59. The fraction of sp³-hybridized carbons (Fsp3) is 0.417. The van der Waals surface area contributed by atoms with Gasteiger partial charge in [-0.3, -0.25) is 10.2 Å². The van der Waals surface area contributed by atoms with Crippen molar-refractivity contribution in [3.05, 3.63) is 29.8 Å². The van der Waals surface area contributed by atoms with Crippen LogP contribution in [-0.4, -0.2) is 12.5 Å². The molecule has 1 aromatic carbocycles. The van der Waals surface area contributed by atoms with Crippen LogP contribution in [0.4, 0.5) is 0 Å². The number of nitrogens with two attached hydrogens (primary N) is 1. The van der Waals surface area contributed by atoms with Crippen LogP contribution in [0.15, 0.2) is 24.3 Å². The van der Waals surface area contributed by atoms with Crippen LogP contribution in [0.2, 0.25) is 0 Å². The minimum Gasteiger partial charge on any atom is -0.484 e. The van der Waals surface area contributed by atoms with Crippen molar-refractivity contribution in [1.82, 2.24) is 5.43 Å². The van der Waals surface area contributed by atoms with Crippen LogP contribution >= 0.6 is 0 Å². The summed E-state index contributed by atoms with van der Waals surface area (Å²) in [5.41, 5.74) is 3.29. The number of hydrazine groups is 1. The maximum Gasteiger partial charge on any atom is 0.271 e. The molecule has 1 atom stereocenters. The Balaban J connectivity index is 2.54. The Bertz CT molecular complexity index is 335. The van der Waals surface area contributed by atoms with Gasteiger partial charge < -0.3 is 4.74 Å². The molecule has 3 N–H and O–H groups in total. The van der Waals surface area contributed by atoms with Crippen LogP contribution in [0.3, 0.4) is 0 Å². The molecular formula is C12H18N2O2. The molecule has 0 spiro atoms. The van der Waals surface area contributed by atoms with E-state index in [-0.39, 0.29) is 12.5 Å². The summed E-state index contributed by atoms with van der Waals surface area (Å²) >= 11 is 0. The lowest BCUT2D eigenvalue weighted by Crippen LogP contribution is -2.34. The summed E-state index contributed by atoms with van der Waals surface area (Å²) in [5, 5.41) is 0. The van der Waals surface area contributed by atoms with Crippen LogP contribution in [0.25, 0.3) is 0 Å². The minimum atomic E-state index is -0.342. The normalized spacial score (nSPS) is 11.9. The van der Waals surface area contributed by atoms with Gasteiger partial charge in [0.15, 0.2) is 6.61 Å². The van der Waals surface area contributed by atoms with E-state index in [4.69, 9.17) is 10.6 Å². The zero-order chi connectivity index (χ0) is 12.0. The number of amides is 1. The van der Waals surface area contributed by atoms with Gasteiger partial charge >= 0.3 is 0 Å². The fourth-order valence-electron chi connectivity index (χ4n) is 1.32. The second-order valence-corrected chi connectivity index (χ2v) is 3.73. The molecule has 0 saturated carbocycles. The Labute approximate surface area is 95.8 Å². The summed E-state index contributed by atoms with van der Waals surface area (Å²) in [4.78, 5) is 10.8. The number of benzene rings is 1. The highest BCUT2D eigenvalue weighted by Crippen LogP contribution is 2.21. The van der Waals surface area contributed by atoms with Gasteiger partial charge in [0, 0.05) is 0 Å². The molecule has 0 radical (unpaired) electrons. The fourth-order valence-corrected chi connectivity index (χ4v) is 1.32. The predicted octanol–water partition coefficient (Wildman–Crippen LogP) is 1.57. The van der Waals surface area contributed by atoms with Gasteiger partial charge in [-0.25, -0.2) is 5.84 Å². The van der Waals surface area contributed by atoms with E-state index < -0.39 is 0 Å². The molecule has 0 aliphatic carbocycles. The Morgan fingerprint density at radius 1 is 1.44 bits per heavy atom. The summed E-state index contributed by atoms with van der Waals surface area (Å²) in [6.07, 6.45) is 1.11. The maximum absolute atomic E-state index is 10.8. The van der Waals surface area contributed by atoms with E-state index in [0.717, 1.165) is 6.42 Å². The monoisotopic (exact) mass is 222 g/mol. The van der Waals surface area contributed by atoms with E-state index in [0.29, 0.717) is 11.7 Å². The standard InChI is InChI=1S/C12H18N2O2/c1-3-9(2)10-4-6-11(7-5-10)16-8-12(15)14-13/h4-7,9H,3,8,13H2,1-2H3,(H,14,15). The number of rotatable bonds is 5. The molecule has 0 aromatic heterocycles. The van der Waals surface area contributed by atoms with Crippen molar-refractivity contribution in [1.29, 1.82) is 0 Å². The van der Waals surface area contributed by atoms with Gasteiger partial charge in [0.2, 0.25) is 0 Å². The van der Waals surface area contributed by atoms with Crippen molar-refractivity contribution in [3.63, 3.8) is 0 Å². The van der Waals surface area contributed by atoms with Crippen molar-refractivity contribution in [2.45, 2.75) is 26.2 Å². The summed E-state index contributed by atoms with van der Waals surface area (Å²) in [7, 11) is 0. The first-order valence-electron chi connectivity index (χ1n) is 5.39. The molecule has 0 bridgehead atoms. The quantitative estimate of drug-likeness (QED) is 0.451. The molecule has 4 nitrogen and oxygen atoms in total. The van der Waals surface area contributed by atoms with E-state index in [2.05, 4.69) is 13.8 Å². The van der Waals surface area contributed by atoms with Crippen molar-refractivity contribution < 1.29 is 9.53 Å². The molecule has 1 aromatic rings. The third-order valence-corrected chi connectivity index (χ3v) is 2.59. The summed E-state index contributed by atoms with van der Waals surface area (Å²) in [5.74, 6) is 5.82. The topological polar surface area (TPSA) is 64.3 Å². The molecule has 88 valence electrons. The van der Waals surface area contributed by atoms with Crippen LogP contribution in [0, 0.1) is 0 Å². The van der Waals surface area contributed by atoms with Crippen LogP contribution < -0.4 is 16.0 Å². The van der Waals surface area contributed by atoms with Crippen LogP contribution in [0.5, 0.6) is 5.75 Å². The largest absolute Gasteiger partial charge is 0.484 e. The molecule has 1 rings (SSSR count). The smallest absolute Gasteiger partial charge is 0.271 e. The second-order valence-electron chi connectivity index (χ2n) is 3.73. The molecule has 0 fully saturated rings. The van der Waals surface area contributed by atoms with Gasteiger partial charge in [-0.2, -0.15) is 0 Å². The van der Waals surface area contributed by atoms with Crippen LogP contribution in [-0.2, 0) is 4.79 Å². The van der Waals surface area contributed by atoms with E-state index in [1.165, 1.54) is 5.56 Å². The zero-order valence-corrected chi connectivity index (χ0v) is 9.69. The predicted molar refractivity (Wildman–Crippen MR) is 63.0 cm³/mol. The highest BCUT2D eigenvalue weighted by atomic mass is 16.5. The summed E-state index contributed by atoms with van der Waals surface area (Å²) in [6.45, 7) is 4.28. The van der Waals surface area contributed by atoms with Crippen molar-refractivity contribution in [3.8, 4) is 5.75 Å². The van der Waals surface area contributed by atoms with Gasteiger partial charge in [0.25, 0.3) is 5.91 Å². The Hall–Kier alpha value is -1.55. The highest BCUT2D eigenvalue weighted by molar-refractivity contribution is 5.76. The van der Waals surface area contributed by atoms with E-state index >= 15 is 0 Å². The lowest BCUT2D eigenvalue weighted by Gasteiger charge is -2.10. The zero-order valence-electron chi connectivity index (χ0n) is 9.69. The molecule has 0 saturated heterocycles. The average molecular weight is 222 g/mol. The Morgan fingerprint density at radius 3 is 2.56 bits per heavy atom. The number of carbonyl (C=O) groups is 1. The van der Waals surface area contributed by atoms with Crippen LogP contribution in [0.1, 0.15) is 31.7 Å². The molecule has 1 unspecified atom stereocenters. The molecule has 0 aliphatic heterocycles. The maximum atomic E-state index is 10.8. The Kier molecular flexibility index (Phi) is 4.79. The first-order chi connectivity index (χ1) is 7.67. The van der Waals surface area contributed by atoms with E-state index in [1.807, 2.05) is 29.7 Å². The molecule has 1 amide bonds. The second kappa shape index (κ2) is 6.12. The Morgan fingerprint density at radius 2 is 2.06 bits per heavy atom. The first kappa shape index (κ1) is 12.5. The molecular weight excluding hydrogens is 204 g/mol. The first-order valence-corrected chi connectivity index (χ1v) is 5.39. The van der Waals surface area contributed by atoms with Gasteiger partial charge in [0.1, 0.15) is 5.75 Å². The summed E-state index contributed by atoms with van der Waals surface area (Å²) < 4.78 is 5.24. The van der Waals surface area contributed by atoms with Crippen molar-refractivity contribution in [2.75, 3.05) is 6.61 Å². The van der Waals surface area contributed by atoms with E-state index in [9.17, 15) is 4.79 Å². The number of carbonyl (C=O) groups excluding carboxylic acids is 1. The SMILES string of the molecule is CCC(C)c1ccc(OCC(=O)NN)cc1. The van der Waals surface area contributed by atoms with Gasteiger partial charge in [-0.05, 0) is 30.0 Å². The molecule has 4 heteroatoms. The van der Waals surface area contributed by atoms with Gasteiger partial charge in [-0.1, -0.05) is 26.0 Å². The molecule has 16 heavy (non-hydrogen) atoms. The molecule has 0 aliphatic rings. The van der Waals surface area contributed by atoms with Gasteiger partial charge in [-0.15, -0.1) is 0 Å². The summed E-state index contributed by atoms with van der Waals surface area (Å²) in [6, 6.07) is 7.77. The highest BCUT2D eigenvalue weighted by Gasteiger charge is 2.03. The van der Waals surface area contributed by atoms with Crippen molar-refractivity contribution >= 4 is 5.91 Å². The lowest BCUT2D eigenvalue weighted by molar-refractivity contribution is -0.123. The van der Waals surface area contributed by atoms with E-state index in [1.54, 1.807) is 0 Å². The number of nitrogens with one attached hydrogen (secondary N) is 1. The third kappa shape index (κ3) is 3.55. The number of hydrogen-bond donors (Lipinski definition) is 2. The number of ether oxygens (including phenoxy) is 1. The lowest BCUT2D eigenvalue weighted by atomic mass is 9.99. The number of hydrogen-bond acceptors (Lipinski definition) is 3.